The first-order chi connectivity index (χ1) is 13.1. The summed E-state index contributed by atoms with van der Waals surface area (Å²) < 4.78 is 24.6. The van der Waals surface area contributed by atoms with Crippen LogP contribution in [0.15, 0.2) is 35.0 Å². The normalized spacial score (nSPS) is 10.8. The number of rotatable bonds is 7. The van der Waals surface area contributed by atoms with E-state index in [2.05, 4.69) is 26.7 Å². The first kappa shape index (κ1) is 19.2. The molecule has 0 bridgehead atoms. The van der Waals surface area contributed by atoms with Crippen LogP contribution in [0.2, 0.25) is 0 Å². The van der Waals surface area contributed by atoms with Crippen LogP contribution in [0, 0.1) is 17.7 Å². The van der Waals surface area contributed by atoms with Crippen molar-refractivity contribution in [3.05, 3.63) is 52.1 Å². The van der Waals surface area contributed by atoms with Gasteiger partial charge in [-0.2, -0.15) is 0 Å². The highest BCUT2D eigenvalue weighted by atomic mass is 32.1. The Morgan fingerprint density at radius 3 is 2.67 bits per heavy atom. The first-order valence-electron chi connectivity index (χ1n) is 8.48. The molecule has 0 amide bonds. The van der Waals surface area contributed by atoms with E-state index in [9.17, 15) is 4.39 Å². The Hall–Kier alpha value is -2.53. The average Bonchev–Trinajstić information content (AvgIpc) is 3.09. The number of ether oxygens (including phenoxy) is 2. The van der Waals surface area contributed by atoms with Gasteiger partial charge in [0.2, 0.25) is 5.88 Å². The van der Waals surface area contributed by atoms with Gasteiger partial charge in [-0.25, -0.2) is 14.4 Å². The molecule has 0 fully saturated rings. The molecule has 27 heavy (non-hydrogen) atoms. The predicted octanol–water partition coefficient (Wildman–Crippen LogP) is 3.19. The summed E-state index contributed by atoms with van der Waals surface area (Å²) in [5.74, 6) is 5.90. The van der Waals surface area contributed by atoms with Gasteiger partial charge in [0.15, 0.2) is 5.69 Å². The lowest BCUT2D eigenvalue weighted by Crippen LogP contribution is -2.19. The molecule has 1 aromatic carbocycles. The van der Waals surface area contributed by atoms with Gasteiger partial charge in [0, 0.05) is 22.9 Å². The van der Waals surface area contributed by atoms with Crippen molar-refractivity contribution in [1.29, 1.82) is 0 Å². The van der Waals surface area contributed by atoms with Gasteiger partial charge in [-0.3, -0.25) is 0 Å². The largest absolute Gasteiger partial charge is 0.473 e. The lowest BCUT2D eigenvalue weighted by atomic mass is 10.2. The number of benzene rings is 1. The van der Waals surface area contributed by atoms with Gasteiger partial charge in [0.05, 0.1) is 13.2 Å². The molecule has 5 nitrogen and oxygen atoms in total. The Balaban J connectivity index is 1.72. The van der Waals surface area contributed by atoms with E-state index in [0.717, 1.165) is 17.6 Å². The molecule has 7 heteroatoms. The molecule has 0 atom stereocenters. The van der Waals surface area contributed by atoms with E-state index in [0.29, 0.717) is 37.0 Å². The predicted molar refractivity (Wildman–Crippen MR) is 105 cm³/mol. The van der Waals surface area contributed by atoms with Crippen molar-refractivity contribution in [3.8, 4) is 17.7 Å². The number of halogens is 1. The quantitative estimate of drug-likeness (QED) is 0.462. The van der Waals surface area contributed by atoms with Crippen LogP contribution in [-0.4, -0.2) is 55.3 Å². The zero-order valence-electron chi connectivity index (χ0n) is 15.2. The zero-order valence-corrected chi connectivity index (χ0v) is 16.1. The smallest absolute Gasteiger partial charge is 0.249 e. The van der Waals surface area contributed by atoms with E-state index in [1.165, 1.54) is 23.5 Å². The van der Waals surface area contributed by atoms with Crippen LogP contribution in [0.25, 0.3) is 11.0 Å². The van der Waals surface area contributed by atoms with Crippen LogP contribution in [0.1, 0.15) is 11.3 Å². The van der Waals surface area contributed by atoms with Crippen molar-refractivity contribution in [1.82, 2.24) is 14.9 Å². The van der Waals surface area contributed by atoms with Crippen LogP contribution < -0.4 is 4.74 Å². The second kappa shape index (κ2) is 9.42. The first-order valence-corrected chi connectivity index (χ1v) is 9.43. The van der Waals surface area contributed by atoms with Crippen molar-refractivity contribution < 1.29 is 13.9 Å². The lowest BCUT2D eigenvalue weighted by Gasteiger charge is -2.10. The summed E-state index contributed by atoms with van der Waals surface area (Å²) in [4.78, 5) is 11.1. The van der Waals surface area contributed by atoms with E-state index >= 15 is 0 Å². The fourth-order valence-electron chi connectivity index (χ4n) is 2.21. The maximum Gasteiger partial charge on any atom is 0.249 e. The van der Waals surface area contributed by atoms with Crippen LogP contribution in [0.3, 0.4) is 0 Å². The third-order valence-corrected chi connectivity index (χ3v) is 4.30. The Morgan fingerprint density at radius 2 is 1.89 bits per heavy atom. The van der Waals surface area contributed by atoms with Gasteiger partial charge in [-0.15, -0.1) is 11.3 Å². The standard InChI is InChI=1S/C20H20FN3O2S/c1-24(2)8-9-25-10-11-26-20-17(22-18-13-27-14-19(18)23-20)7-6-15-4-3-5-16(21)12-15/h3-5,12-14H,8-11H2,1-2H3. The Kier molecular flexibility index (Phi) is 6.71. The molecule has 0 saturated carbocycles. The van der Waals surface area contributed by atoms with Gasteiger partial charge >= 0.3 is 0 Å². The van der Waals surface area contributed by atoms with Crippen molar-refractivity contribution in [2.45, 2.75) is 0 Å². The summed E-state index contributed by atoms with van der Waals surface area (Å²) in [5, 5.41) is 3.82. The molecule has 0 saturated heterocycles. The van der Waals surface area contributed by atoms with E-state index in [-0.39, 0.29) is 5.82 Å². The molecule has 0 radical (unpaired) electrons. The highest BCUT2D eigenvalue weighted by molar-refractivity contribution is 7.09. The third kappa shape index (κ3) is 5.73. The number of likely N-dealkylation sites (N-methyl/N-ethyl adjacent to an activating group) is 1. The lowest BCUT2D eigenvalue weighted by molar-refractivity contribution is 0.0875. The average molecular weight is 385 g/mol. The van der Waals surface area contributed by atoms with Gasteiger partial charge in [0.25, 0.3) is 0 Å². The van der Waals surface area contributed by atoms with Crippen LogP contribution in [0.4, 0.5) is 4.39 Å². The van der Waals surface area contributed by atoms with Gasteiger partial charge in [-0.1, -0.05) is 12.0 Å². The molecule has 0 unspecified atom stereocenters. The van der Waals surface area contributed by atoms with Crippen molar-refractivity contribution >= 4 is 22.4 Å². The summed E-state index contributed by atoms with van der Waals surface area (Å²) in [5.41, 5.74) is 2.52. The fraction of sp³-hybridized carbons (Fsp3) is 0.300. The minimum absolute atomic E-state index is 0.326. The van der Waals surface area contributed by atoms with Crippen molar-refractivity contribution in [3.63, 3.8) is 0 Å². The zero-order chi connectivity index (χ0) is 19.1. The van der Waals surface area contributed by atoms with Crippen LogP contribution >= 0.6 is 11.3 Å². The molecular formula is C20H20FN3O2S. The topological polar surface area (TPSA) is 47.5 Å². The Labute approximate surface area is 161 Å². The van der Waals surface area contributed by atoms with Gasteiger partial charge in [0.1, 0.15) is 23.5 Å². The fourth-order valence-corrected chi connectivity index (χ4v) is 2.88. The molecule has 3 rings (SSSR count). The minimum Gasteiger partial charge on any atom is -0.473 e. The summed E-state index contributed by atoms with van der Waals surface area (Å²) in [7, 11) is 3.99. The molecule has 2 heterocycles. The maximum atomic E-state index is 13.3. The summed E-state index contributed by atoms with van der Waals surface area (Å²) in [6.45, 7) is 2.29. The molecule has 0 aliphatic heterocycles. The number of fused-ring (bicyclic) bond motifs is 1. The number of nitrogens with zero attached hydrogens (tertiary/aromatic N) is 3. The second-order valence-corrected chi connectivity index (χ2v) is 6.79. The molecule has 0 aliphatic rings. The maximum absolute atomic E-state index is 13.3. The SMILES string of the molecule is CN(C)CCOCCOc1nc2cscc2nc1C#Cc1cccc(F)c1. The molecule has 140 valence electrons. The Morgan fingerprint density at radius 1 is 1.07 bits per heavy atom. The minimum atomic E-state index is -0.326. The van der Waals surface area contributed by atoms with Crippen LogP contribution in [-0.2, 0) is 4.74 Å². The number of thiophene rings is 1. The molecule has 2 aromatic heterocycles. The van der Waals surface area contributed by atoms with Crippen LogP contribution in [0.5, 0.6) is 5.88 Å². The summed E-state index contributed by atoms with van der Waals surface area (Å²) in [6, 6.07) is 6.12. The number of aromatic nitrogens is 2. The third-order valence-electron chi connectivity index (χ3n) is 3.58. The van der Waals surface area contributed by atoms with Crippen molar-refractivity contribution in [2.75, 3.05) is 40.5 Å². The van der Waals surface area contributed by atoms with Gasteiger partial charge in [-0.05, 0) is 38.2 Å². The highest BCUT2D eigenvalue weighted by Gasteiger charge is 2.09. The number of hydrogen-bond donors (Lipinski definition) is 0. The second-order valence-electron chi connectivity index (χ2n) is 6.04. The monoisotopic (exact) mass is 385 g/mol. The molecule has 0 aliphatic carbocycles. The van der Waals surface area contributed by atoms with E-state index in [1.807, 2.05) is 24.9 Å². The molecule has 0 N–H and O–H groups in total. The van der Waals surface area contributed by atoms with E-state index in [4.69, 9.17) is 9.47 Å². The van der Waals surface area contributed by atoms with E-state index < -0.39 is 0 Å². The highest BCUT2D eigenvalue weighted by Crippen LogP contribution is 2.21. The van der Waals surface area contributed by atoms with Gasteiger partial charge < -0.3 is 14.4 Å². The van der Waals surface area contributed by atoms with Crippen molar-refractivity contribution in [2.24, 2.45) is 0 Å². The Bertz CT molecular complexity index is 963. The summed E-state index contributed by atoms with van der Waals surface area (Å²) >= 11 is 1.52. The molecular weight excluding hydrogens is 365 g/mol. The van der Waals surface area contributed by atoms with E-state index in [1.54, 1.807) is 12.1 Å². The molecule has 3 aromatic rings. The number of hydrogen-bond acceptors (Lipinski definition) is 6. The molecule has 0 spiro atoms. The summed E-state index contributed by atoms with van der Waals surface area (Å²) in [6.07, 6.45) is 0.